The molecule has 0 amide bonds. The molecule has 1 atom stereocenters. The van der Waals surface area contributed by atoms with Crippen molar-refractivity contribution < 1.29 is 5.11 Å². The Labute approximate surface area is 120 Å². The quantitative estimate of drug-likeness (QED) is 0.536. The zero-order valence-corrected chi connectivity index (χ0v) is 13.8. The van der Waals surface area contributed by atoms with Crippen LogP contribution >= 0.6 is 0 Å². The van der Waals surface area contributed by atoms with E-state index in [4.69, 9.17) is 0 Å². The standard InChI is InChI=1S/C16H36N2O/c1-6-7-9-12-18(15(2)3)13-10-8-11-16(4,14-19)17-5/h15,17,19H,6-14H2,1-5H3. The number of aliphatic hydroxyl groups excluding tert-OH is 1. The van der Waals surface area contributed by atoms with Crippen LogP contribution in [-0.4, -0.2) is 48.3 Å². The number of likely N-dealkylation sites (N-methyl/N-ethyl adjacent to an activating group) is 1. The topological polar surface area (TPSA) is 35.5 Å². The molecule has 0 aromatic carbocycles. The average molecular weight is 272 g/mol. The molecule has 0 aliphatic carbocycles. The fourth-order valence-electron chi connectivity index (χ4n) is 2.31. The van der Waals surface area contributed by atoms with Crippen LogP contribution in [0, 0.1) is 0 Å². The maximum atomic E-state index is 9.35. The third-order valence-electron chi connectivity index (χ3n) is 4.16. The SMILES string of the molecule is CCCCCN(CCCCC(C)(CO)NC)C(C)C. The van der Waals surface area contributed by atoms with E-state index in [1.807, 2.05) is 7.05 Å². The Balaban J connectivity index is 3.86. The van der Waals surface area contributed by atoms with Crippen LogP contribution in [0.4, 0.5) is 0 Å². The molecule has 19 heavy (non-hydrogen) atoms. The van der Waals surface area contributed by atoms with Crippen molar-refractivity contribution >= 4 is 0 Å². The third-order valence-corrected chi connectivity index (χ3v) is 4.16. The van der Waals surface area contributed by atoms with Crippen LogP contribution in [0.5, 0.6) is 0 Å². The van der Waals surface area contributed by atoms with E-state index in [0.717, 1.165) is 6.42 Å². The highest BCUT2D eigenvalue weighted by molar-refractivity contribution is 4.80. The minimum atomic E-state index is -0.106. The van der Waals surface area contributed by atoms with Gasteiger partial charge in [0.15, 0.2) is 0 Å². The molecule has 0 radical (unpaired) electrons. The van der Waals surface area contributed by atoms with Crippen LogP contribution < -0.4 is 5.32 Å². The van der Waals surface area contributed by atoms with E-state index in [1.54, 1.807) is 0 Å². The predicted octanol–water partition coefficient (Wildman–Crippen LogP) is 3.03. The summed E-state index contributed by atoms with van der Waals surface area (Å²) < 4.78 is 0. The molecule has 0 aromatic rings. The first-order valence-electron chi connectivity index (χ1n) is 8.03. The molecule has 2 N–H and O–H groups in total. The van der Waals surface area contributed by atoms with Gasteiger partial charge in [0.25, 0.3) is 0 Å². The number of rotatable bonds is 12. The van der Waals surface area contributed by atoms with E-state index in [9.17, 15) is 5.11 Å². The summed E-state index contributed by atoms with van der Waals surface area (Å²) in [6.45, 7) is 11.6. The molecule has 0 aromatic heterocycles. The molecule has 0 saturated heterocycles. The summed E-state index contributed by atoms with van der Waals surface area (Å²) in [4.78, 5) is 2.59. The molecule has 3 heteroatoms. The summed E-state index contributed by atoms with van der Waals surface area (Å²) in [5, 5.41) is 12.6. The number of hydrogen-bond acceptors (Lipinski definition) is 3. The van der Waals surface area contributed by atoms with Crippen LogP contribution in [0.15, 0.2) is 0 Å². The lowest BCUT2D eigenvalue weighted by atomic mass is 9.96. The number of unbranched alkanes of at least 4 members (excludes halogenated alkanes) is 3. The van der Waals surface area contributed by atoms with Gasteiger partial charge in [0.2, 0.25) is 0 Å². The second kappa shape index (κ2) is 10.6. The molecule has 3 nitrogen and oxygen atoms in total. The van der Waals surface area contributed by atoms with Crippen molar-refractivity contribution in [3.05, 3.63) is 0 Å². The van der Waals surface area contributed by atoms with Crippen LogP contribution in [-0.2, 0) is 0 Å². The monoisotopic (exact) mass is 272 g/mol. The molecule has 0 fully saturated rings. The minimum absolute atomic E-state index is 0.106. The lowest BCUT2D eigenvalue weighted by Crippen LogP contribution is -2.43. The van der Waals surface area contributed by atoms with Gasteiger partial charge in [-0.25, -0.2) is 0 Å². The summed E-state index contributed by atoms with van der Waals surface area (Å²) in [7, 11) is 1.93. The summed E-state index contributed by atoms with van der Waals surface area (Å²) in [5.41, 5.74) is -0.106. The Hall–Kier alpha value is -0.120. The van der Waals surface area contributed by atoms with Crippen LogP contribution in [0.1, 0.15) is 66.2 Å². The Bertz CT molecular complexity index is 203. The van der Waals surface area contributed by atoms with Gasteiger partial charge in [-0.15, -0.1) is 0 Å². The zero-order chi connectivity index (χ0) is 14.7. The van der Waals surface area contributed by atoms with E-state index in [1.165, 1.54) is 45.2 Å². The van der Waals surface area contributed by atoms with Crippen LogP contribution in [0.2, 0.25) is 0 Å². The van der Waals surface area contributed by atoms with Crippen molar-refractivity contribution in [2.45, 2.75) is 77.8 Å². The van der Waals surface area contributed by atoms with E-state index in [-0.39, 0.29) is 12.1 Å². The van der Waals surface area contributed by atoms with Gasteiger partial charge in [0, 0.05) is 11.6 Å². The number of nitrogens with zero attached hydrogens (tertiary/aromatic N) is 1. The van der Waals surface area contributed by atoms with Gasteiger partial charge in [0.1, 0.15) is 0 Å². The first kappa shape index (κ1) is 18.9. The molecule has 0 aliphatic rings. The fourth-order valence-corrected chi connectivity index (χ4v) is 2.31. The fraction of sp³-hybridized carbons (Fsp3) is 1.00. The predicted molar refractivity (Wildman–Crippen MR) is 84.6 cm³/mol. The van der Waals surface area contributed by atoms with Crippen molar-refractivity contribution in [3.8, 4) is 0 Å². The minimum Gasteiger partial charge on any atom is -0.394 e. The molecule has 0 saturated carbocycles. The first-order valence-corrected chi connectivity index (χ1v) is 8.03. The van der Waals surface area contributed by atoms with Gasteiger partial charge in [-0.3, -0.25) is 0 Å². The van der Waals surface area contributed by atoms with Gasteiger partial charge in [-0.05, 0) is 60.2 Å². The Morgan fingerprint density at radius 2 is 1.68 bits per heavy atom. The molecule has 0 heterocycles. The van der Waals surface area contributed by atoms with Gasteiger partial charge in [-0.1, -0.05) is 26.2 Å². The lowest BCUT2D eigenvalue weighted by Gasteiger charge is -2.29. The Kier molecular flexibility index (Phi) is 10.6. The Morgan fingerprint density at radius 1 is 1.11 bits per heavy atom. The molecule has 1 unspecified atom stereocenters. The van der Waals surface area contributed by atoms with Gasteiger partial charge < -0.3 is 15.3 Å². The third kappa shape index (κ3) is 8.61. The molecule has 0 bridgehead atoms. The lowest BCUT2D eigenvalue weighted by molar-refractivity contribution is 0.165. The van der Waals surface area contributed by atoms with Gasteiger partial charge >= 0.3 is 0 Å². The average Bonchev–Trinajstić information content (AvgIpc) is 2.41. The van der Waals surface area contributed by atoms with Crippen molar-refractivity contribution in [2.24, 2.45) is 0 Å². The summed E-state index contributed by atoms with van der Waals surface area (Å²) in [5.74, 6) is 0. The van der Waals surface area contributed by atoms with Crippen molar-refractivity contribution in [3.63, 3.8) is 0 Å². The Morgan fingerprint density at radius 3 is 2.11 bits per heavy atom. The largest absolute Gasteiger partial charge is 0.394 e. The normalized spacial score (nSPS) is 15.2. The highest BCUT2D eigenvalue weighted by atomic mass is 16.3. The second-order valence-electron chi connectivity index (χ2n) is 6.26. The first-order chi connectivity index (χ1) is 8.99. The second-order valence-corrected chi connectivity index (χ2v) is 6.26. The van der Waals surface area contributed by atoms with Crippen LogP contribution in [0.25, 0.3) is 0 Å². The van der Waals surface area contributed by atoms with Crippen molar-refractivity contribution in [2.75, 3.05) is 26.7 Å². The molecule has 0 aliphatic heterocycles. The molecule has 0 spiro atoms. The summed E-state index contributed by atoms with van der Waals surface area (Å²) in [6, 6.07) is 0.644. The van der Waals surface area contributed by atoms with Crippen molar-refractivity contribution in [1.82, 2.24) is 10.2 Å². The van der Waals surface area contributed by atoms with Gasteiger partial charge in [0.05, 0.1) is 6.61 Å². The summed E-state index contributed by atoms with van der Waals surface area (Å²) in [6.07, 6.45) is 7.39. The highest BCUT2D eigenvalue weighted by Crippen LogP contribution is 2.14. The zero-order valence-electron chi connectivity index (χ0n) is 13.8. The van der Waals surface area contributed by atoms with E-state index < -0.39 is 0 Å². The number of nitrogens with one attached hydrogen (secondary N) is 1. The number of aliphatic hydroxyl groups is 1. The van der Waals surface area contributed by atoms with E-state index >= 15 is 0 Å². The molecule has 0 rings (SSSR count). The van der Waals surface area contributed by atoms with E-state index in [0.29, 0.717) is 6.04 Å². The summed E-state index contributed by atoms with van der Waals surface area (Å²) >= 11 is 0. The number of hydrogen-bond donors (Lipinski definition) is 2. The highest BCUT2D eigenvalue weighted by Gasteiger charge is 2.19. The smallest absolute Gasteiger partial charge is 0.0610 e. The van der Waals surface area contributed by atoms with Crippen LogP contribution in [0.3, 0.4) is 0 Å². The maximum Gasteiger partial charge on any atom is 0.0610 e. The van der Waals surface area contributed by atoms with Crippen molar-refractivity contribution in [1.29, 1.82) is 0 Å². The molecular weight excluding hydrogens is 236 g/mol. The van der Waals surface area contributed by atoms with E-state index in [2.05, 4.69) is 37.9 Å². The maximum absolute atomic E-state index is 9.35. The van der Waals surface area contributed by atoms with Gasteiger partial charge in [-0.2, -0.15) is 0 Å². The molecule has 116 valence electrons. The molecular formula is C16H36N2O.